The van der Waals surface area contributed by atoms with Crippen LogP contribution in [0.25, 0.3) is 11.3 Å². The maximum Gasteiger partial charge on any atom is 0.275 e. The molecule has 2 aromatic heterocycles. The average Bonchev–Trinajstić information content (AvgIpc) is 3.05. The van der Waals surface area contributed by atoms with E-state index in [1.54, 1.807) is 12.1 Å². The molecular formula is C17H15F2N5O. The highest BCUT2D eigenvalue weighted by Crippen LogP contribution is 2.24. The van der Waals surface area contributed by atoms with E-state index in [4.69, 9.17) is 0 Å². The van der Waals surface area contributed by atoms with Crippen molar-refractivity contribution in [1.29, 1.82) is 0 Å². The molecule has 0 unspecified atom stereocenters. The Balaban J connectivity index is 1.81. The molecule has 0 aliphatic rings. The molecule has 2 heterocycles. The number of aromatic nitrogens is 3. The average molecular weight is 343 g/mol. The molecule has 0 aliphatic carbocycles. The van der Waals surface area contributed by atoms with Crippen molar-refractivity contribution in [1.82, 2.24) is 15.2 Å². The zero-order chi connectivity index (χ0) is 18.0. The SMILES string of the molecule is CN(C)c1ccnc(C(=O)Nc2cc(-c3cccc(F)c3F)[nH]n2)c1. The number of carbonyl (C=O) groups excluding carboxylic acids is 1. The first-order valence-electron chi connectivity index (χ1n) is 7.40. The first-order valence-corrected chi connectivity index (χ1v) is 7.40. The van der Waals surface area contributed by atoms with Crippen LogP contribution in [0.15, 0.2) is 42.6 Å². The summed E-state index contributed by atoms with van der Waals surface area (Å²) in [5.41, 5.74) is 1.32. The van der Waals surface area contributed by atoms with E-state index in [1.807, 2.05) is 19.0 Å². The molecule has 0 spiro atoms. The van der Waals surface area contributed by atoms with Gasteiger partial charge in [0.1, 0.15) is 5.69 Å². The van der Waals surface area contributed by atoms with Gasteiger partial charge < -0.3 is 10.2 Å². The van der Waals surface area contributed by atoms with Gasteiger partial charge in [0.05, 0.1) is 5.69 Å². The standard InChI is InChI=1S/C17H15F2N5O/c1-24(2)10-6-7-20-14(8-10)17(25)21-15-9-13(22-23-15)11-4-3-5-12(18)16(11)19/h3-9H,1-2H3,(H2,21,22,23,25). The van der Waals surface area contributed by atoms with Gasteiger partial charge in [-0.3, -0.25) is 14.9 Å². The Morgan fingerprint density at radius 2 is 2.00 bits per heavy atom. The van der Waals surface area contributed by atoms with Gasteiger partial charge in [-0.05, 0) is 24.3 Å². The maximum absolute atomic E-state index is 13.8. The number of benzene rings is 1. The van der Waals surface area contributed by atoms with Crippen molar-refractivity contribution in [3.8, 4) is 11.3 Å². The molecule has 128 valence electrons. The number of nitrogens with zero attached hydrogens (tertiary/aromatic N) is 3. The van der Waals surface area contributed by atoms with Gasteiger partial charge in [-0.15, -0.1) is 0 Å². The van der Waals surface area contributed by atoms with E-state index in [0.29, 0.717) is 0 Å². The number of amides is 1. The van der Waals surface area contributed by atoms with Crippen LogP contribution in [0.4, 0.5) is 20.3 Å². The highest BCUT2D eigenvalue weighted by Gasteiger charge is 2.15. The molecule has 0 radical (unpaired) electrons. The Labute approximate surface area is 142 Å². The lowest BCUT2D eigenvalue weighted by molar-refractivity contribution is 0.102. The third-order valence-corrected chi connectivity index (χ3v) is 3.55. The van der Waals surface area contributed by atoms with E-state index in [1.165, 1.54) is 24.4 Å². The van der Waals surface area contributed by atoms with Crippen molar-refractivity contribution in [2.24, 2.45) is 0 Å². The van der Waals surface area contributed by atoms with Gasteiger partial charge in [0, 0.05) is 37.6 Å². The second-order valence-electron chi connectivity index (χ2n) is 5.52. The molecule has 2 N–H and O–H groups in total. The Kier molecular flexibility index (Phi) is 4.42. The van der Waals surface area contributed by atoms with E-state index in [9.17, 15) is 13.6 Å². The van der Waals surface area contributed by atoms with Crippen LogP contribution in [-0.4, -0.2) is 35.2 Å². The van der Waals surface area contributed by atoms with Crippen LogP contribution in [0.2, 0.25) is 0 Å². The summed E-state index contributed by atoms with van der Waals surface area (Å²) in [6.07, 6.45) is 1.53. The summed E-state index contributed by atoms with van der Waals surface area (Å²) in [4.78, 5) is 18.1. The molecule has 1 amide bonds. The smallest absolute Gasteiger partial charge is 0.275 e. The number of hydrogen-bond donors (Lipinski definition) is 2. The third-order valence-electron chi connectivity index (χ3n) is 3.55. The highest BCUT2D eigenvalue weighted by atomic mass is 19.2. The zero-order valence-corrected chi connectivity index (χ0v) is 13.5. The van der Waals surface area contributed by atoms with E-state index in [-0.39, 0.29) is 22.8 Å². The van der Waals surface area contributed by atoms with Crippen LogP contribution in [0.1, 0.15) is 10.5 Å². The van der Waals surface area contributed by atoms with Gasteiger partial charge >= 0.3 is 0 Å². The topological polar surface area (TPSA) is 73.9 Å². The van der Waals surface area contributed by atoms with E-state index >= 15 is 0 Å². The maximum atomic E-state index is 13.8. The number of pyridine rings is 1. The molecule has 3 rings (SSSR count). The molecule has 6 nitrogen and oxygen atoms in total. The quantitative estimate of drug-likeness (QED) is 0.763. The van der Waals surface area contributed by atoms with Crippen LogP contribution in [0.3, 0.4) is 0 Å². The van der Waals surface area contributed by atoms with Crippen LogP contribution >= 0.6 is 0 Å². The van der Waals surface area contributed by atoms with Crippen molar-refractivity contribution in [3.05, 3.63) is 59.9 Å². The molecule has 0 bridgehead atoms. The number of hydrogen-bond acceptors (Lipinski definition) is 4. The minimum Gasteiger partial charge on any atom is -0.378 e. The van der Waals surface area contributed by atoms with Gasteiger partial charge in [0.15, 0.2) is 17.5 Å². The van der Waals surface area contributed by atoms with Crippen molar-refractivity contribution in [2.45, 2.75) is 0 Å². The van der Waals surface area contributed by atoms with Gasteiger partial charge in [0.25, 0.3) is 5.91 Å². The molecule has 1 aromatic carbocycles. The molecule has 8 heteroatoms. The monoisotopic (exact) mass is 343 g/mol. The number of H-pyrrole nitrogens is 1. The fourth-order valence-electron chi connectivity index (χ4n) is 2.24. The van der Waals surface area contributed by atoms with Crippen molar-refractivity contribution in [2.75, 3.05) is 24.3 Å². The molecule has 25 heavy (non-hydrogen) atoms. The van der Waals surface area contributed by atoms with Crippen LogP contribution < -0.4 is 10.2 Å². The molecular weight excluding hydrogens is 328 g/mol. The Hall–Kier alpha value is -3.29. The van der Waals surface area contributed by atoms with Crippen LogP contribution in [-0.2, 0) is 0 Å². The van der Waals surface area contributed by atoms with Crippen LogP contribution in [0.5, 0.6) is 0 Å². The summed E-state index contributed by atoms with van der Waals surface area (Å²) in [6.45, 7) is 0. The molecule has 0 saturated heterocycles. The number of anilines is 2. The lowest BCUT2D eigenvalue weighted by atomic mass is 10.1. The highest BCUT2D eigenvalue weighted by molar-refractivity contribution is 6.03. The summed E-state index contributed by atoms with van der Waals surface area (Å²) in [5.74, 6) is -2.21. The van der Waals surface area contributed by atoms with E-state index in [0.717, 1.165) is 11.8 Å². The van der Waals surface area contributed by atoms with E-state index < -0.39 is 17.5 Å². The normalized spacial score (nSPS) is 10.6. The molecule has 0 atom stereocenters. The Bertz CT molecular complexity index is 923. The summed E-state index contributed by atoms with van der Waals surface area (Å²) in [6, 6.07) is 8.67. The van der Waals surface area contributed by atoms with E-state index in [2.05, 4.69) is 20.5 Å². The minimum atomic E-state index is -0.982. The Morgan fingerprint density at radius 1 is 1.20 bits per heavy atom. The summed E-state index contributed by atoms with van der Waals surface area (Å²) < 4.78 is 27.1. The summed E-state index contributed by atoms with van der Waals surface area (Å²) in [7, 11) is 3.70. The second-order valence-corrected chi connectivity index (χ2v) is 5.52. The second kappa shape index (κ2) is 6.68. The van der Waals surface area contributed by atoms with Gasteiger partial charge in [-0.25, -0.2) is 8.78 Å². The predicted molar refractivity (Wildman–Crippen MR) is 90.5 cm³/mol. The first kappa shape index (κ1) is 16.6. The fraction of sp³-hybridized carbons (Fsp3) is 0.118. The first-order chi connectivity index (χ1) is 12.0. The number of aromatic amines is 1. The number of carbonyl (C=O) groups is 1. The predicted octanol–water partition coefficient (Wildman–Crippen LogP) is 3.07. The molecule has 0 aliphatic heterocycles. The summed E-state index contributed by atoms with van der Waals surface area (Å²) in [5, 5.41) is 9.05. The van der Waals surface area contributed by atoms with Crippen LogP contribution in [0, 0.1) is 11.6 Å². The number of halogens is 2. The Morgan fingerprint density at radius 3 is 2.76 bits per heavy atom. The van der Waals surface area contributed by atoms with Gasteiger partial charge in [0.2, 0.25) is 0 Å². The molecule has 0 saturated carbocycles. The lowest BCUT2D eigenvalue weighted by Gasteiger charge is -2.12. The minimum absolute atomic E-state index is 0.0285. The van der Waals surface area contributed by atoms with Crippen molar-refractivity contribution >= 4 is 17.4 Å². The summed E-state index contributed by atoms with van der Waals surface area (Å²) >= 11 is 0. The largest absolute Gasteiger partial charge is 0.378 e. The van der Waals surface area contributed by atoms with Crippen molar-refractivity contribution in [3.63, 3.8) is 0 Å². The zero-order valence-electron chi connectivity index (χ0n) is 13.5. The van der Waals surface area contributed by atoms with Crippen molar-refractivity contribution < 1.29 is 13.6 Å². The lowest BCUT2D eigenvalue weighted by Crippen LogP contribution is -2.16. The third kappa shape index (κ3) is 3.47. The number of rotatable bonds is 4. The van der Waals surface area contributed by atoms with Gasteiger partial charge in [-0.2, -0.15) is 5.10 Å². The molecule has 3 aromatic rings. The van der Waals surface area contributed by atoms with Gasteiger partial charge in [-0.1, -0.05) is 6.07 Å². The number of nitrogens with one attached hydrogen (secondary N) is 2. The fourth-order valence-corrected chi connectivity index (χ4v) is 2.24. The molecule has 0 fully saturated rings.